The van der Waals surface area contributed by atoms with Crippen molar-refractivity contribution in [2.24, 2.45) is 0 Å². The van der Waals surface area contributed by atoms with Crippen molar-refractivity contribution in [3.63, 3.8) is 0 Å². The largest absolute Gasteiger partial charge is 0.300 e. The quantitative estimate of drug-likeness (QED) is 0.640. The first-order valence-corrected chi connectivity index (χ1v) is 5.94. The van der Waals surface area contributed by atoms with E-state index in [1.807, 2.05) is 12.1 Å². The molecule has 1 aromatic carbocycles. The van der Waals surface area contributed by atoms with E-state index in [1.165, 1.54) is 5.56 Å². The van der Waals surface area contributed by atoms with E-state index >= 15 is 0 Å². The van der Waals surface area contributed by atoms with E-state index in [1.54, 1.807) is 19.1 Å². The minimum atomic E-state index is 0.0743. The topological polar surface area (TPSA) is 37.0 Å². The number of carbonyl (C=O) groups excluding carboxylic acids is 1. The Balaban J connectivity index is 2.07. The fourth-order valence-electron chi connectivity index (χ4n) is 1.71. The third-order valence-electron chi connectivity index (χ3n) is 2.67. The van der Waals surface area contributed by atoms with Crippen LogP contribution in [0.3, 0.4) is 0 Å². The van der Waals surface area contributed by atoms with Gasteiger partial charge in [0.2, 0.25) is 0 Å². The molecule has 87 valence electrons. The molecule has 2 nitrogen and oxygen atoms in total. The highest BCUT2D eigenvalue weighted by atomic mass is 16.3. The molecule has 0 aliphatic rings. The van der Waals surface area contributed by atoms with Crippen molar-refractivity contribution in [2.45, 2.75) is 45.4 Å². The van der Waals surface area contributed by atoms with Crippen LogP contribution < -0.4 is 0 Å². The molecule has 1 radical (unpaired) electrons. The summed E-state index contributed by atoms with van der Waals surface area (Å²) in [6.45, 7) is 1.64. The molecule has 0 fully saturated rings. The maximum atomic E-state index is 10.9. The van der Waals surface area contributed by atoms with Crippen LogP contribution in [0.4, 0.5) is 0 Å². The summed E-state index contributed by atoms with van der Waals surface area (Å²) >= 11 is 0. The summed E-state index contributed by atoms with van der Waals surface area (Å²) in [5, 5.41) is 10.9. The number of aryl methyl sites for hydroxylation is 1. The Morgan fingerprint density at radius 2 is 1.62 bits per heavy atom. The summed E-state index contributed by atoms with van der Waals surface area (Å²) in [6.07, 6.45) is 6.17. The molecule has 0 atom stereocenters. The molecular formula is C14H19O2. The van der Waals surface area contributed by atoms with Gasteiger partial charge in [0.25, 0.3) is 0 Å². The first kappa shape index (κ1) is 12.8. The van der Waals surface area contributed by atoms with Gasteiger partial charge in [-0.25, -0.2) is 0 Å². The van der Waals surface area contributed by atoms with Crippen molar-refractivity contribution in [3.05, 3.63) is 29.8 Å². The molecule has 0 aromatic heterocycles. The van der Waals surface area contributed by atoms with Gasteiger partial charge in [-0.15, -0.1) is 0 Å². The van der Waals surface area contributed by atoms with Crippen LogP contribution in [0, 0.1) is 0 Å². The summed E-state index contributed by atoms with van der Waals surface area (Å²) in [5.41, 5.74) is 1.23. The van der Waals surface area contributed by atoms with Gasteiger partial charge in [-0.3, -0.25) is 5.11 Å². The first-order chi connectivity index (χ1) is 7.68. The van der Waals surface area contributed by atoms with E-state index in [0.29, 0.717) is 6.42 Å². The number of benzene rings is 1. The van der Waals surface area contributed by atoms with Gasteiger partial charge >= 0.3 is 0 Å². The van der Waals surface area contributed by atoms with E-state index in [0.717, 1.165) is 32.1 Å². The molecule has 1 aromatic rings. The monoisotopic (exact) mass is 219 g/mol. The second-order valence-corrected chi connectivity index (χ2v) is 4.26. The van der Waals surface area contributed by atoms with Gasteiger partial charge in [0.15, 0.2) is 5.75 Å². The number of rotatable bonds is 7. The van der Waals surface area contributed by atoms with Crippen LogP contribution in [-0.2, 0) is 16.3 Å². The van der Waals surface area contributed by atoms with Gasteiger partial charge in [0, 0.05) is 6.42 Å². The predicted octanol–water partition coefficient (Wildman–Crippen LogP) is 3.91. The molecular weight excluding hydrogens is 200 g/mol. The summed E-state index contributed by atoms with van der Waals surface area (Å²) in [7, 11) is 0. The average Bonchev–Trinajstić information content (AvgIpc) is 2.25. The normalized spacial score (nSPS) is 10.3. The molecule has 1 rings (SSSR count). The molecule has 0 aliphatic heterocycles. The second-order valence-electron chi connectivity index (χ2n) is 4.26. The molecule has 16 heavy (non-hydrogen) atoms. The molecule has 0 spiro atoms. The Hall–Kier alpha value is -1.31. The minimum Gasteiger partial charge on any atom is -0.300 e. The predicted molar refractivity (Wildman–Crippen MR) is 64.0 cm³/mol. The maximum absolute atomic E-state index is 10.9. The number of carbonyl (C=O) groups is 1. The van der Waals surface area contributed by atoms with Gasteiger partial charge in [-0.2, -0.15) is 0 Å². The molecule has 0 amide bonds. The smallest absolute Gasteiger partial charge is 0.178 e. The Morgan fingerprint density at radius 1 is 1.00 bits per heavy atom. The van der Waals surface area contributed by atoms with Crippen molar-refractivity contribution in [3.8, 4) is 5.75 Å². The van der Waals surface area contributed by atoms with Gasteiger partial charge in [-0.05, 0) is 43.9 Å². The summed E-state index contributed by atoms with van der Waals surface area (Å²) in [5.74, 6) is 0.358. The number of Topliss-reactive ketones (excluding diaryl/α,β-unsaturated/α-hetero) is 1. The lowest BCUT2D eigenvalue weighted by molar-refractivity contribution is -0.117. The standard InChI is InChI=1S/C14H19O2/c1-12(15)6-4-2-3-5-7-13-8-10-14(16)11-9-13/h8-11H,2-7H2,1H3. The maximum Gasteiger partial charge on any atom is 0.178 e. The van der Waals surface area contributed by atoms with Crippen molar-refractivity contribution < 1.29 is 9.90 Å². The van der Waals surface area contributed by atoms with Crippen LogP contribution in [0.15, 0.2) is 24.3 Å². The number of hydrogen-bond acceptors (Lipinski definition) is 1. The molecule has 0 saturated heterocycles. The van der Waals surface area contributed by atoms with Crippen molar-refractivity contribution >= 4 is 5.78 Å². The third kappa shape index (κ3) is 5.54. The zero-order chi connectivity index (χ0) is 11.8. The molecule has 0 unspecified atom stereocenters. The summed E-state index contributed by atoms with van der Waals surface area (Å²) < 4.78 is 0. The van der Waals surface area contributed by atoms with Crippen molar-refractivity contribution in [1.82, 2.24) is 0 Å². The van der Waals surface area contributed by atoms with Crippen LogP contribution in [0.1, 0.15) is 44.6 Å². The highest BCUT2D eigenvalue weighted by Gasteiger charge is 1.96. The lowest BCUT2D eigenvalue weighted by atomic mass is 10.0. The molecule has 0 heterocycles. The molecule has 0 saturated carbocycles. The van der Waals surface area contributed by atoms with E-state index < -0.39 is 0 Å². The highest BCUT2D eigenvalue weighted by Crippen LogP contribution is 2.13. The Morgan fingerprint density at radius 3 is 2.25 bits per heavy atom. The van der Waals surface area contributed by atoms with E-state index in [2.05, 4.69) is 0 Å². The van der Waals surface area contributed by atoms with E-state index in [-0.39, 0.29) is 11.5 Å². The van der Waals surface area contributed by atoms with Crippen molar-refractivity contribution in [1.29, 1.82) is 0 Å². The zero-order valence-corrected chi connectivity index (χ0v) is 9.87. The van der Waals surface area contributed by atoms with Gasteiger partial charge in [0.05, 0.1) is 0 Å². The molecule has 2 heteroatoms. The second kappa shape index (κ2) is 7.04. The summed E-state index contributed by atoms with van der Waals surface area (Å²) in [6, 6.07) is 7.03. The van der Waals surface area contributed by atoms with E-state index in [4.69, 9.17) is 0 Å². The number of unbranched alkanes of at least 4 members (excludes halogenated alkanes) is 3. The van der Waals surface area contributed by atoms with Crippen LogP contribution in [0.25, 0.3) is 0 Å². The van der Waals surface area contributed by atoms with Gasteiger partial charge in [-0.1, -0.05) is 25.0 Å². The Labute approximate surface area is 97.3 Å². The molecule has 0 bridgehead atoms. The minimum absolute atomic E-state index is 0.0743. The number of hydrogen-bond donors (Lipinski definition) is 0. The average molecular weight is 219 g/mol. The van der Waals surface area contributed by atoms with Crippen LogP contribution in [-0.4, -0.2) is 5.78 Å². The first-order valence-electron chi connectivity index (χ1n) is 5.94. The molecule has 0 N–H and O–H groups in total. The Bertz CT molecular complexity index is 314. The number of ketones is 1. The summed E-state index contributed by atoms with van der Waals surface area (Å²) in [4.78, 5) is 10.7. The third-order valence-corrected chi connectivity index (χ3v) is 2.67. The van der Waals surface area contributed by atoms with Crippen LogP contribution >= 0.6 is 0 Å². The fourth-order valence-corrected chi connectivity index (χ4v) is 1.71. The lowest BCUT2D eigenvalue weighted by Gasteiger charge is -2.01. The Kier molecular flexibility index (Phi) is 5.62. The highest BCUT2D eigenvalue weighted by molar-refractivity contribution is 5.75. The molecule has 0 aliphatic carbocycles. The van der Waals surface area contributed by atoms with Crippen molar-refractivity contribution in [2.75, 3.05) is 0 Å². The zero-order valence-electron chi connectivity index (χ0n) is 9.87. The SMILES string of the molecule is CC(=O)CCCCCCc1ccc([O])cc1. The fraction of sp³-hybridized carbons (Fsp3) is 0.500. The van der Waals surface area contributed by atoms with Crippen LogP contribution in [0.5, 0.6) is 5.75 Å². The lowest BCUT2D eigenvalue weighted by Crippen LogP contribution is -1.90. The van der Waals surface area contributed by atoms with Gasteiger partial charge < -0.3 is 4.79 Å². The van der Waals surface area contributed by atoms with Crippen LogP contribution in [0.2, 0.25) is 0 Å². The van der Waals surface area contributed by atoms with Gasteiger partial charge in [0.1, 0.15) is 5.78 Å². The van der Waals surface area contributed by atoms with E-state index in [9.17, 15) is 9.90 Å².